The molecule has 5 N–H and O–H groups in total. The van der Waals surface area contributed by atoms with Gasteiger partial charge in [-0.25, -0.2) is 14.6 Å². The number of thiazole rings is 1. The van der Waals surface area contributed by atoms with Gasteiger partial charge in [0.05, 0.1) is 11.1 Å². The first-order chi connectivity index (χ1) is 19.5. The summed E-state index contributed by atoms with van der Waals surface area (Å²) in [5.41, 5.74) is 7.64. The van der Waals surface area contributed by atoms with Crippen LogP contribution in [-0.4, -0.2) is 34.5 Å². The van der Waals surface area contributed by atoms with Gasteiger partial charge in [0, 0.05) is 29.4 Å². The Labute approximate surface area is 251 Å². The number of anilines is 2. The Morgan fingerprint density at radius 3 is 2.07 bits per heavy atom. The van der Waals surface area contributed by atoms with E-state index in [-0.39, 0.29) is 5.91 Å². The van der Waals surface area contributed by atoms with Crippen LogP contribution in [0.3, 0.4) is 0 Å². The largest absolute Gasteiger partial charge is 0.412 e. The molecular weight excluding hydrogens is 554 g/mol. The van der Waals surface area contributed by atoms with Gasteiger partial charge in [0.2, 0.25) is 5.91 Å². The number of carbonyl (C=O) groups excluding carboxylic acids is 3. The second-order valence-corrected chi connectivity index (χ2v) is 13.2. The van der Waals surface area contributed by atoms with E-state index in [2.05, 4.69) is 28.1 Å². The number of nitrogens with two attached hydrogens (primary N) is 1. The number of aryl methyl sites for hydroxylation is 2. The van der Waals surface area contributed by atoms with Crippen LogP contribution in [0.15, 0.2) is 54.6 Å². The zero-order valence-electron chi connectivity index (χ0n) is 25.3. The maximum atomic E-state index is 12.7. The number of rotatable bonds is 10. The second-order valence-electron chi connectivity index (χ2n) is 12.1. The number of amides is 3. The summed E-state index contributed by atoms with van der Waals surface area (Å²) in [6, 6.07) is 17.7. The molecule has 0 saturated carbocycles. The summed E-state index contributed by atoms with van der Waals surface area (Å²) in [5.74, 6) is -2.04. The third-order valence-corrected chi connectivity index (χ3v) is 7.14. The van der Waals surface area contributed by atoms with Crippen LogP contribution in [0.25, 0.3) is 0 Å². The van der Waals surface area contributed by atoms with Crippen molar-refractivity contribution in [3.63, 3.8) is 0 Å². The molecule has 10 nitrogen and oxygen atoms in total. The third-order valence-electron chi connectivity index (χ3n) is 6.13. The number of hydrogen-bond acceptors (Lipinski definition) is 8. The van der Waals surface area contributed by atoms with Gasteiger partial charge in [-0.05, 0) is 56.9 Å². The van der Waals surface area contributed by atoms with E-state index in [4.69, 9.17) is 20.2 Å². The van der Waals surface area contributed by atoms with Crippen LogP contribution in [0.4, 0.5) is 20.4 Å². The lowest BCUT2D eigenvalue weighted by Crippen LogP contribution is -2.59. The minimum atomic E-state index is -1.89. The quantitative estimate of drug-likeness (QED) is 0.204. The standard InChI is InChI=1S/C31H41N5O5S/c1-20(37)33-27-34-24(25(42-27)19-22-11-9-8-10-12-22)18-15-21-13-16-23(17-14-21)35-31(29(2,3)4,40-26(32)38)41-28(39)36-30(5,6)7/h8-14,16-17,35H,15,18-19H2,1-7H3,(H2,32,38)(H,36,39)(H,33,34,37). The first-order valence-corrected chi connectivity index (χ1v) is 14.5. The van der Waals surface area contributed by atoms with Crippen molar-refractivity contribution in [2.75, 3.05) is 10.6 Å². The van der Waals surface area contributed by atoms with Crippen molar-refractivity contribution in [1.82, 2.24) is 10.3 Å². The Morgan fingerprint density at radius 2 is 1.52 bits per heavy atom. The zero-order chi connectivity index (χ0) is 31.1. The smallest absolute Gasteiger partial charge is 0.387 e. The van der Waals surface area contributed by atoms with Crippen LogP contribution in [0.1, 0.15) is 70.2 Å². The molecule has 226 valence electrons. The lowest BCUT2D eigenvalue weighted by molar-refractivity contribution is -0.202. The van der Waals surface area contributed by atoms with E-state index >= 15 is 0 Å². The Bertz CT molecular complexity index is 1380. The predicted molar refractivity (Wildman–Crippen MR) is 165 cm³/mol. The average molecular weight is 596 g/mol. The minimum absolute atomic E-state index is 0.156. The van der Waals surface area contributed by atoms with Gasteiger partial charge < -0.3 is 31.2 Å². The molecule has 3 aromatic rings. The summed E-state index contributed by atoms with van der Waals surface area (Å²) in [6.45, 7) is 12.2. The van der Waals surface area contributed by atoms with E-state index in [1.807, 2.05) is 63.2 Å². The highest BCUT2D eigenvalue weighted by atomic mass is 32.1. The van der Waals surface area contributed by atoms with Crippen molar-refractivity contribution in [3.8, 4) is 0 Å². The molecule has 2 aromatic carbocycles. The molecule has 0 spiro atoms. The summed E-state index contributed by atoms with van der Waals surface area (Å²) in [5, 5.41) is 9.19. The van der Waals surface area contributed by atoms with Crippen molar-refractivity contribution in [3.05, 3.63) is 76.3 Å². The van der Waals surface area contributed by atoms with Crippen LogP contribution >= 0.6 is 11.3 Å². The van der Waals surface area contributed by atoms with E-state index in [9.17, 15) is 14.4 Å². The fourth-order valence-electron chi connectivity index (χ4n) is 4.08. The zero-order valence-corrected chi connectivity index (χ0v) is 26.1. The molecular formula is C31H41N5O5S. The lowest BCUT2D eigenvalue weighted by atomic mass is 9.90. The van der Waals surface area contributed by atoms with E-state index in [1.54, 1.807) is 20.8 Å². The molecule has 42 heavy (non-hydrogen) atoms. The monoisotopic (exact) mass is 595 g/mol. The molecule has 0 radical (unpaired) electrons. The van der Waals surface area contributed by atoms with Crippen molar-refractivity contribution in [2.45, 2.75) is 79.2 Å². The van der Waals surface area contributed by atoms with Gasteiger partial charge in [-0.3, -0.25) is 4.79 Å². The third kappa shape index (κ3) is 9.47. The number of benzene rings is 2. The summed E-state index contributed by atoms with van der Waals surface area (Å²) >= 11 is 1.49. The van der Waals surface area contributed by atoms with Crippen LogP contribution in [0, 0.1) is 5.41 Å². The first kappa shape index (κ1) is 32.4. The Kier molecular flexibility index (Phi) is 10.2. The molecule has 0 aliphatic carbocycles. The van der Waals surface area contributed by atoms with E-state index in [0.29, 0.717) is 23.7 Å². The topological polar surface area (TPSA) is 145 Å². The molecule has 1 atom stereocenters. The Balaban J connectivity index is 1.79. The van der Waals surface area contributed by atoms with Gasteiger partial charge in [-0.1, -0.05) is 63.2 Å². The van der Waals surface area contributed by atoms with E-state index in [0.717, 1.165) is 22.6 Å². The second kappa shape index (κ2) is 13.2. The summed E-state index contributed by atoms with van der Waals surface area (Å²) < 4.78 is 11.1. The van der Waals surface area contributed by atoms with Gasteiger partial charge in [0.1, 0.15) is 0 Å². The van der Waals surface area contributed by atoms with Gasteiger partial charge in [-0.2, -0.15) is 0 Å². The first-order valence-electron chi connectivity index (χ1n) is 13.7. The SMILES string of the molecule is CC(=O)Nc1nc(CCc2ccc(NC(OC(N)=O)(OC(=O)NC(C)(C)C)C(C)(C)C)cc2)c(Cc2ccccc2)s1. The molecule has 0 aliphatic heterocycles. The number of nitrogens with one attached hydrogen (secondary N) is 3. The normalized spacial score (nSPS) is 13.0. The van der Waals surface area contributed by atoms with E-state index < -0.39 is 29.1 Å². The van der Waals surface area contributed by atoms with E-state index in [1.165, 1.54) is 23.8 Å². The molecule has 11 heteroatoms. The molecule has 3 rings (SSSR count). The Morgan fingerprint density at radius 1 is 0.881 bits per heavy atom. The van der Waals surface area contributed by atoms with Crippen LogP contribution in [-0.2, 0) is 33.5 Å². The number of carbonyl (C=O) groups is 3. The van der Waals surface area contributed by atoms with Crippen molar-refractivity contribution in [1.29, 1.82) is 0 Å². The molecule has 3 amide bonds. The maximum Gasteiger partial charge on any atom is 0.412 e. The van der Waals surface area contributed by atoms with Gasteiger partial charge >= 0.3 is 18.1 Å². The van der Waals surface area contributed by atoms with Gasteiger partial charge in [0.15, 0.2) is 5.13 Å². The number of alkyl carbamates (subject to hydrolysis) is 1. The summed E-state index contributed by atoms with van der Waals surface area (Å²) in [7, 11) is 0. The number of nitrogens with zero attached hydrogens (tertiary/aromatic N) is 1. The Hall–Kier alpha value is -4.12. The molecule has 1 unspecified atom stereocenters. The molecule has 0 aliphatic rings. The van der Waals surface area contributed by atoms with Crippen LogP contribution in [0.2, 0.25) is 0 Å². The number of ether oxygens (including phenoxy) is 2. The van der Waals surface area contributed by atoms with Crippen LogP contribution < -0.4 is 21.7 Å². The average Bonchev–Trinajstić information content (AvgIpc) is 3.21. The fourth-order valence-corrected chi connectivity index (χ4v) is 5.17. The molecule has 0 bridgehead atoms. The van der Waals surface area contributed by atoms with Gasteiger partial charge in [-0.15, -0.1) is 11.3 Å². The molecule has 1 heterocycles. The number of hydrogen-bond donors (Lipinski definition) is 4. The predicted octanol–water partition coefficient (Wildman–Crippen LogP) is 6.21. The highest BCUT2D eigenvalue weighted by Crippen LogP contribution is 2.37. The van der Waals surface area contributed by atoms with Crippen LogP contribution in [0.5, 0.6) is 0 Å². The van der Waals surface area contributed by atoms with Crippen molar-refractivity contribution < 1.29 is 23.9 Å². The molecule has 0 saturated heterocycles. The lowest BCUT2D eigenvalue weighted by Gasteiger charge is -2.42. The van der Waals surface area contributed by atoms with Crippen molar-refractivity contribution >= 4 is 40.2 Å². The summed E-state index contributed by atoms with van der Waals surface area (Å²) in [4.78, 5) is 42.1. The highest BCUT2D eigenvalue weighted by molar-refractivity contribution is 7.15. The van der Waals surface area contributed by atoms with Crippen molar-refractivity contribution in [2.24, 2.45) is 11.1 Å². The molecule has 0 fully saturated rings. The molecule has 1 aromatic heterocycles. The fraction of sp³-hybridized carbons (Fsp3) is 0.419. The minimum Gasteiger partial charge on any atom is -0.387 e. The highest BCUT2D eigenvalue weighted by Gasteiger charge is 2.50. The number of aromatic nitrogens is 1. The summed E-state index contributed by atoms with van der Waals surface area (Å²) in [6.07, 6.45) is 0.255. The maximum absolute atomic E-state index is 12.7. The number of primary amides is 1. The van der Waals surface area contributed by atoms with Gasteiger partial charge in [0.25, 0.3) is 0 Å².